The topological polar surface area (TPSA) is 24.7 Å². The Balaban J connectivity index is 1.48. The summed E-state index contributed by atoms with van der Waals surface area (Å²) in [6, 6.07) is 34.0. The molecule has 0 saturated heterocycles. The van der Waals surface area contributed by atoms with E-state index >= 15 is 0 Å². The summed E-state index contributed by atoms with van der Waals surface area (Å²) < 4.78 is 0. The second kappa shape index (κ2) is 12.9. The predicted molar refractivity (Wildman–Crippen MR) is 199 cm³/mol. The molecule has 0 spiro atoms. The molecular formula is C42H45N2P. The van der Waals surface area contributed by atoms with Crippen LogP contribution in [0, 0.1) is 27.7 Å². The van der Waals surface area contributed by atoms with Crippen LogP contribution in [0.25, 0.3) is 10.8 Å². The molecule has 6 rings (SSSR count). The average Bonchev–Trinajstić information content (AvgIpc) is 3.27. The first kappa shape index (κ1) is 31.1. The summed E-state index contributed by atoms with van der Waals surface area (Å²) in [6.07, 6.45) is 0.990. The molecule has 0 amide bonds. The van der Waals surface area contributed by atoms with Gasteiger partial charge in [-0.3, -0.25) is 4.99 Å². The monoisotopic (exact) mass is 608 g/mol. The minimum atomic E-state index is -0.576. The number of benzene rings is 5. The van der Waals surface area contributed by atoms with Crippen molar-refractivity contribution in [1.29, 1.82) is 0 Å². The Bertz CT molecular complexity index is 1840. The quantitative estimate of drug-likeness (QED) is 0.157. The molecule has 0 bridgehead atoms. The molecule has 0 aromatic heterocycles. The van der Waals surface area contributed by atoms with Crippen molar-refractivity contribution in [2.45, 2.75) is 67.2 Å². The minimum absolute atomic E-state index is 0.377. The number of rotatable bonds is 8. The Morgan fingerprint density at radius 1 is 0.578 bits per heavy atom. The molecule has 0 atom stereocenters. The Labute approximate surface area is 271 Å². The molecule has 0 fully saturated rings. The van der Waals surface area contributed by atoms with Gasteiger partial charge in [0.15, 0.2) is 0 Å². The van der Waals surface area contributed by atoms with Crippen molar-refractivity contribution in [2.24, 2.45) is 9.98 Å². The molecule has 0 heterocycles. The van der Waals surface area contributed by atoms with Crippen LogP contribution in [0.15, 0.2) is 101 Å². The Morgan fingerprint density at radius 3 is 1.53 bits per heavy atom. The highest BCUT2D eigenvalue weighted by Gasteiger charge is 2.28. The van der Waals surface area contributed by atoms with Crippen LogP contribution in [-0.2, 0) is 0 Å². The van der Waals surface area contributed by atoms with Gasteiger partial charge in [0.25, 0.3) is 0 Å². The van der Waals surface area contributed by atoms with E-state index in [0.717, 1.165) is 29.8 Å². The summed E-state index contributed by atoms with van der Waals surface area (Å²) in [5.74, 6) is 0.754. The van der Waals surface area contributed by atoms with Crippen molar-refractivity contribution in [1.82, 2.24) is 0 Å². The minimum Gasteiger partial charge on any atom is -0.282 e. The number of nitrogens with zero attached hydrogens (tertiary/aromatic N) is 2. The molecule has 0 radical (unpaired) electrons. The van der Waals surface area contributed by atoms with Crippen LogP contribution in [0.2, 0.25) is 0 Å². The van der Waals surface area contributed by atoms with Crippen LogP contribution in [-0.4, -0.2) is 24.1 Å². The zero-order valence-electron chi connectivity index (χ0n) is 28.1. The van der Waals surface area contributed by atoms with Crippen LogP contribution in [0.1, 0.15) is 84.0 Å². The summed E-state index contributed by atoms with van der Waals surface area (Å²) in [5.41, 5.74) is 13.4. The van der Waals surface area contributed by atoms with Gasteiger partial charge in [-0.1, -0.05) is 141 Å². The Kier molecular flexibility index (Phi) is 8.89. The molecule has 1 aliphatic rings. The van der Waals surface area contributed by atoms with E-state index in [0.29, 0.717) is 11.8 Å². The fourth-order valence-corrected chi connectivity index (χ4v) is 9.45. The molecule has 0 N–H and O–H groups in total. The van der Waals surface area contributed by atoms with Crippen LogP contribution in [0.3, 0.4) is 0 Å². The van der Waals surface area contributed by atoms with E-state index in [1.165, 1.54) is 65.9 Å². The van der Waals surface area contributed by atoms with Gasteiger partial charge in [0, 0.05) is 23.1 Å². The van der Waals surface area contributed by atoms with E-state index in [2.05, 4.69) is 146 Å². The molecule has 0 unspecified atom stereocenters. The van der Waals surface area contributed by atoms with Crippen molar-refractivity contribution in [2.75, 3.05) is 12.7 Å². The maximum Gasteiger partial charge on any atom is 0.0974 e. The van der Waals surface area contributed by atoms with Crippen LogP contribution in [0.5, 0.6) is 0 Å². The highest BCUT2D eigenvalue weighted by Crippen LogP contribution is 2.39. The van der Waals surface area contributed by atoms with Gasteiger partial charge in [-0.05, 0) is 80.7 Å². The standard InChI is InChI=1S/C42H45N2P/c1-26(2)35-14-11-15-36(27(3)4)40(35)44-42-38-17-10-13-32-12-9-16-37(39(32)38)41(42)43-18-19-45(33-22-28(5)20-29(6)23-33)34-24-30(7)21-31(8)25-34/h9-17,20-27H,18-19H2,1-8H3. The summed E-state index contributed by atoms with van der Waals surface area (Å²) in [7, 11) is -0.576. The van der Waals surface area contributed by atoms with Crippen molar-refractivity contribution >= 4 is 46.4 Å². The van der Waals surface area contributed by atoms with Gasteiger partial charge in [0.05, 0.1) is 17.1 Å². The fraction of sp³-hybridized carbons (Fsp3) is 0.286. The predicted octanol–water partition coefficient (Wildman–Crippen LogP) is 10.4. The van der Waals surface area contributed by atoms with E-state index < -0.39 is 7.92 Å². The molecule has 0 aliphatic heterocycles. The maximum atomic E-state index is 5.57. The van der Waals surface area contributed by atoms with Gasteiger partial charge in [-0.25, -0.2) is 4.99 Å². The molecule has 45 heavy (non-hydrogen) atoms. The lowest BCUT2D eigenvalue weighted by Crippen LogP contribution is -2.18. The molecule has 0 saturated carbocycles. The Hall–Kier alpha value is -3.87. The third kappa shape index (κ3) is 6.31. The molecule has 5 aromatic carbocycles. The maximum absolute atomic E-state index is 5.57. The first-order valence-corrected chi connectivity index (χ1v) is 17.9. The van der Waals surface area contributed by atoms with Crippen LogP contribution < -0.4 is 10.6 Å². The van der Waals surface area contributed by atoms with E-state index in [4.69, 9.17) is 9.98 Å². The normalized spacial score (nSPS) is 14.6. The highest BCUT2D eigenvalue weighted by molar-refractivity contribution is 7.73. The molecular weight excluding hydrogens is 563 g/mol. The smallest absolute Gasteiger partial charge is 0.0974 e. The lowest BCUT2D eigenvalue weighted by Gasteiger charge is -2.21. The van der Waals surface area contributed by atoms with Crippen molar-refractivity contribution in [3.05, 3.63) is 136 Å². The number of para-hydroxylation sites is 1. The molecule has 228 valence electrons. The molecule has 5 aromatic rings. The van der Waals surface area contributed by atoms with E-state index in [-0.39, 0.29) is 0 Å². The van der Waals surface area contributed by atoms with Crippen molar-refractivity contribution < 1.29 is 0 Å². The van der Waals surface area contributed by atoms with Gasteiger partial charge < -0.3 is 0 Å². The zero-order chi connectivity index (χ0) is 31.8. The van der Waals surface area contributed by atoms with Crippen LogP contribution >= 0.6 is 7.92 Å². The summed E-state index contributed by atoms with van der Waals surface area (Å²) in [5, 5.41) is 5.39. The molecule has 3 heteroatoms. The summed E-state index contributed by atoms with van der Waals surface area (Å²) in [4.78, 5) is 11.0. The van der Waals surface area contributed by atoms with E-state index in [9.17, 15) is 0 Å². The first-order valence-electron chi connectivity index (χ1n) is 16.3. The lowest BCUT2D eigenvalue weighted by atomic mass is 9.92. The number of aliphatic imine (C=N–C) groups is 2. The van der Waals surface area contributed by atoms with Crippen molar-refractivity contribution in [3.8, 4) is 0 Å². The third-order valence-electron chi connectivity index (χ3n) is 8.84. The van der Waals surface area contributed by atoms with Crippen molar-refractivity contribution in [3.63, 3.8) is 0 Å². The van der Waals surface area contributed by atoms with Crippen LogP contribution in [0.4, 0.5) is 5.69 Å². The summed E-state index contributed by atoms with van der Waals surface area (Å²) >= 11 is 0. The van der Waals surface area contributed by atoms with Gasteiger partial charge in [-0.15, -0.1) is 0 Å². The van der Waals surface area contributed by atoms with E-state index in [1.54, 1.807) is 0 Å². The Morgan fingerprint density at radius 2 is 1.04 bits per heavy atom. The number of hydrogen-bond donors (Lipinski definition) is 0. The first-order chi connectivity index (χ1) is 21.6. The number of aryl methyl sites for hydroxylation is 4. The number of hydrogen-bond acceptors (Lipinski definition) is 2. The second-order valence-electron chi connectivity index (χ2n) is 13.3. The zero-order valence-corrected chi connectivity index (χ0v) is 29.0. The molecule has 1 aliphatic carbocycles. The third-order valence-corrected chi connectivity index (χ3v) is 11.2. The van der Waals surface area contributed by atoms with Gasteiger partial charge in [0.1, 0.15) is 0 Å². The lowest BCUT2D eigenvalue weighted by molar-refractivity contribution is 0.835. The van der Waals surface area contributed by atoms with Gasteiger partial charge in [0.2, 0.25) is 0 Å². The molecule has 2 nitrogen and oxygen atoms in total. The van der Waals surface area contributed by atoms with Gasteiger partial charge in [-0.2, -0.15) is 0 Å². The largest absolute Gasteiger partial charge is 0.282 e. The van der Waals surface area contributed by atoms with Gasteiger partial charge >= 0.3 is 0 Å². The second-order valence-corrected chi connectivity index (χ2v) is 15.7. The SMILES string of the molecule is Cc1cc(C)cc(P(CCN=C2C(=Nc3c(C(C)C)cccc3C(C)C)c3cccc4cccc2c34)c2cc(C)cc(C)c2)c1. The summed E-state index contributed by atoms with van der Waals surface area (Å²) in [6.45, 7) is 18.7. The highest BCUT2D eigenvalue weighted by atomic mass is 31.1. The average molecular weight is 609 g/mol. The van der Waals surface area contributed by atoms with E-state index in [1.807, 2.05) is 0 Å². The fourth-order valence-electron chi connectivity index (χ4n) is 6.90.